The third kappa shape index (κ3) is 4.66. The van der Waals surface area contributed by atoms with Gasteiger partial charge in [0.05, 0.1) is 25.6 Å². The molecule has 0 spiro atoms. The maximum absolute atomic E-state index is 14.3. The van der Waals surface area contributed by atoms with Crippen LogP contribution in [0.3, 0.4) is 0 Å². The van der Waals surface area contributed by atoms with Crippen LogP contribution in [0.15, 0.2) is 66.9 Å². The second-order valence-corrected chi connectivity index (χ2v) is 8.32. The number of aromatic nitrogens is 5. The molecule has 38 heavy (non-hydrogen) atoms. The fourth-order valence-electron chi connectivity index (χ4n) is 4.06. The van der Waals surface area contributed by atoms with E-state index in [0.717, 1.165) is 4.90 Å². The van der Waals surface area contributed by atoms with E-state index in [-0.39, 0.29) is 42.1 Å². The second kappa shape index (κ2) is 10.1. The monoisotopic (exact) mass is 516 g/mol. The van der Waals surface area contributed by atoms with Crippen LogP contribution in [-0.4, -0.2) is 37.9 Å². The number of nitrogens with two attached hydrogens (primary N) is 2. The Morgan fingerprint density at radius 2 is 1.71 bits per heavy atom. The van der Waals surface area contributed by atoms with Crippen molar-refractivity contribution in [3.63, 3.8) is 0 Å². The SMILES string of the molecule is COC(=O)N(Cc1ccc(F)cc1)c1c(N)nc(-c2nn(Cc3ccccc3F)c3ncccc23)nc1N. The summed E-state index contributed by atoms with van der Waals surface area (Å²) in [5.74, 6) is -0.880. The van der Waals surface area contributed by atoms with Gasteiger partial charge in [0.2, 0.25) is 0 Å². The van der Waals surface area contributed by atoms with E-state index in [1.165, 1.54) is 37.4 Å². The molecule has 0 bridgehead atoms. The number of fused-ring (bicyclic) bond motifs is 1. The van der Waals surface area contributed by atoms with Crippen LogP contribution in [-0.2, 0) is 17.8 Å². The lowest BCUT2D eigenvalue weighted by Crippen LogP contribution is -2.32. The number of nitrogens with zero attached hydrogens (tertiary/aromatic N) is 6. The summed E-state index contributed by atoms with van der Waals surface area (Å²) in [6.07, 6.45) is 0.843. The van der Waals surface area contributed by atoms with Crippen LogP contribution in [0.1, 0.15) is 11.1 Å². The van der Waals surface area contributed by atoms with Crippen molar-refractivity contribution in [3.8, 4) is 11.5 Å². The number of rotatable bonds is 6. The van der Waals surface area contributed by atoms with Crippen molar-refractivity contribution in [3.05, 3.63) is 89.6 Å². The lowest BCUT2D eigenvalue weighted by atomic mass is 10.2. The standard InChI is InChI=1S/C26H22F2N8O2/c1-38-26(37)35(13-15-8-10-17(27)11-9-15)21-22(29)32-24(33-23(21)30)20-18-6-4-12-31-25(18)36(34-20)14-16-5-2-3-7-19(16)28/h2-12H,13-14H2,1H3,(H4,29,30,32,33). The van der Waals surface area contributed by atoms with Crippen molar-refractivity contribution in [2.24, 2.45) is 0 Å². The maximum atomic E-state index is 14.3. The number of hydrogen-bond donors (Lipinski definition) is 2. The largest absolute Gasteiger partial charge is 0.452 e. The number of anilines is 3. The smallest absolute Gasteiger partial charge is 0.414 e. The van der Waals surface area contributed by atoms with E-state index in [4.69, 9.17) is 16.2 Å². The molecule has 0 unspecified atom stereocenters. The van der Waals surface area contributed by atoms with E-state index in [1.54, 1.807) is 41.2 Å². The molecule has 0 fully saturated rings. The van der Waals surface area contributed by atoms with Crippen molar-refractivity contribution in [1.29, 1.82) is 0 Å². The van der Waals surface area contributed by atoms with Crippen molar-refractivity contribution in [2.45, 2.75) is 13.1 Å². The van der Waals surface area contributed by atoms with E-state index < -0.39 is 11.9 Å². The van der Waals surface area contributed by atoms with Gasteiger partial charge in [0.1, 0.15) is 23.0 Å². The summed E-state index contributed by atoms with van der Waals surface area (Å²) >= 11 is 0. The van der Waals surface area contributed by atoms with Crippen molar-refractivity contribution in [2.75, 3.05) is 23.5 Å². The maximum Gasteiger partial charge on any atom is 0.414 e. The molecule has 5 aromatic rings. The molecule has 2 aromatic carbocycles. The molecule has 1 amide bonds. The summed E-state index contributed by atoms with van der Waals surface area (Å²) in [4.78, 5) is 27.0. The van der Waals surface area contributed by atoms with Gasteiger partial charge in [-0.25, -0.2) is 33.2 Å². The number of hydrogen-bond acceptors (Lipinski definition) is 8. The Labute approximate surface area is 215 Å². The summed E-state index contributed by atoms with van der Waals surface area (Å²) in [7, 11) is 1.21. The van der Waals surface area contributed by atoms with Crippen molar-refractivity contribution in [1.82, 2.24) is 24.7 Å². The summed E-state index contributed by atoms with van der Waals surface area (Å²) in [6, 6.07) is 15.5. The van der Waals surface area contributed by atoms with Crippen LogP contribution in [0, 0.1) is 11.6 Å². The zero-order valence-corrected chi connectivity index (χ0v) is 20.2. The highest BCUT2D eigenvalue weighted by molar-refractivity contribution is 5.96. The van der Waals surface area contributed by atoms with Crippen LogP contribution in [0.4, 0.5) is 30.9 Å². The van der Waals surface area contributed by atoms with E-state index >= 15 is 0 Å². The molecule has 5 rings (SSSR count). The number of methoxy groups -OCH3 is 1. The number of amides is 1. The highest BCUT2D eigenvalue weighted by Crippen LogP contribution is 2.33. The first-order chi connectivity index (χ1) is 18.4. The van der Waals surface area contributed by atoms with Gasteiger partial charge in [0.25, 0.3) is 0 Å². The summed E-state index contributed by atoms with van der Waals surface area (Å²) < 4.78 is 34.1. The lowest BCUT2D eigenvalue weighted by Gasteiger charge is -2.23. The highest BCUT2D eigenvalue weighted by atomic mass is 19.1. The number of benzene rings is 2. The first-order valence-electron chi connectivity index (χ1n) is 11.4. The summed E-state index contributed by atoms with van der Waals surface area (Å²) in [5, 5.41) is 5.19. The number of carbonyl (C=O) groups excluding carboxylic acids is 1. The van der Waals surface area contributed by atoms with Gasteiger partial charge >= 0.3 is 6.09 Å². The lowest BCUT2D eigenvalue weighted by molar-refractivity contribution is 0.178. The van der Waals surface area contributed by atoms with Gasteiger partial charge in [-0.15, -0.1) is 0 Å². The molecule has 0 aliphatic rings. The van der Waals surface area contributed by atoms with Gasteiger partial charge in [-0.2, -0.15) is 5.10 Å². The number of ether oxygens (including phenoxy) is 1. The predicted molar refractivity (Wildman–Crippen MR) is 138 cm³/mol. The molecule has 4 N–H and O–H groups in total. The highest BCUT2D eigenvalue weighted by Gasteiger charge is 2.26. The zero-order chi connectivity index (χ0) is 26.8. The van der Waals surface area contributed by atoms with E-state index in [2.05, 4.69) is 20.1 Å². The Kier molecular flexibility index (Phi) is 6.52. The Hall–Kier alpha value is -5.13. The molecule has 0 saturated heterocycles. The molecule has 10 nitrogen and oxygen atoms in total. The first-order valence-corrected chi connectivity index (χ1v) is 11.4. The van der Waals surface area contributed by atoms with Gasteiger partial charge in [-0.3, -0.25) is 4.90 Å². The quantitative estimate of drug-likeness (QED) is 0.343. The first kappa shape index (κ1) is 24.6. The third-order valence-electron chi connectivity index (χ3n) is 5.85. The Morgan fingerprint density at radius 3 is 2.39 bits per heavy atom. The molecule has 0 atom stereocenters. The molecule has 12 heteroatoms. The van der Waals surface area contributed by atoms with E-state index in [1.807, 2.05) is 0 Å². The van der Waals surface area contributed by atoms with Gasteiger partial charge in [-0.05, 0) is 35.9 Å². The van der Waals surface area contributed by atoms with Crippen LogP contribution in [0.2, 0.25) is 0 Å². The van der Waals surface area contributed by atoms with Gasteiger partial charge < -0.3 is 16.2 Å². The molecule has 0 aliphatic heterocycles. The van der Waals surface area contributed by atoms with Crippen LogP contribution in [0.25, 0.3) is 22.6 Å². The van der Waals surface area contributed by atoms with E-state index in [0.29, 0.717) is 27.9 Å². The molecule has 3 aromatic heterocycles. The molecule has 3 heterocycles. The Morgan fingerprint density at radius 1 is 1.00 bits per heavy atom. The van der Waals surface area contributed by atoms with Gasteiger partial charge in [-0.1, -0.05) is 30.3 Å². The molecular formula is C26H22F2N8O2. The van der Waals surface area contributed by atoms with Gasteiger partial charge in [0, 0.05) is 11.8 Å². The predicted octanol–water partition coefficient (Wildman–Crippen LogP) is 4.15. The van der Waals surface area contributed by atoms with Crippen molar-refractivity contribution < 1.29 is 18.3 Å². The molecule has 0 aliphatic carbocycles. The molecular weight excluding hydrogens is 494 g/mol. The molecule has 192 valence electrons. The normalized spacial score (nSPS) is 11.0. The summed E-state index contributed by atoms with van der Waals surface area (Å²) in [5.41, 5.74) is 14.5. The van der Waals surface area contributed by atoms with Crippen LogP contribution in [0.5, 0.6) is 0 Å². The van der Waals surface area contributed by atoms with Crippen LogP contribution >= 0.6 is 0 Å². The number of nitrogen functional groups attached to an aromatic ring is 2. The van der Waals surface area contributed by atoms with E-state index in [9.17, 15) is 13.6 Å². The second-order valence-electron chi connectivity index (χ2n) is 8.32. The third-order valence-corrected chi connectivity index (χ3v) is 5.85. The molecule has 0 saturated carbocycles. The fraction of sp³-hybridized carbons (Fsp3) is 0.115. The Balaban J connectivity index is 1.56. The van der Waals surface area contributed by atoms with Gasteiger partial charge in [0.15, 0.2) is 23.1 Å². The number of halogens is 2. The minimum Gasteiger partial charge on any atom is -0.452 e. The van der Waals surface area contributed by atoms with Crippen molar-refractivity contribution >= 4 is 34.4 Å². The average molecular weight is 517 g/mol. The minimum atomic E-state index is -0.757. The zero-order valence-electron chi connectivity index (χ0n) is 20.2. The minimum absolute atomic E-state index is 0.0197. The molecule has 0 radical (unpaired) electrons. The topological polar surface area (TPSA) is 138 Å². The fourth-order valence-corrected chi connectivity index (χ4v) is 4.06. The number of pyridine rings is 1. The summed E-state index contributed by atoms with van der Waals surface area (Å²) in [6.45, 7) is 0.102. The number of carbonyl (C=O) groups is 1. The average Bonchev–Trinajstić information content (AvgIpc) is 3.28. The van der Waals surface area contributed by atoms with Crippen LogP contribution < -0.4 is 16.4 Å². The Bertz CT molecular complexity index is 1620.